The SMILES string of the molecule is COc1ccc(NC(=O)Nc2cc(C)ccc2C)cc1. The lowest BCUT2D eigenvalue weighted by atomic mass is 10.1. The van der Waals surface area contributed by atoms with E-state index in [1.165, 1.54) is 0 Å². The maximum absolute atomic E-state index is 11.9. The van der Waals surface area contributed by atoms with Crippen molar-refractivity contribution in [1.82, 2.24) is 0 Å². The molecule has 0 aliphatic heterocycles. The molecule has 0 fully saturated rings. The van der Waals surface area contributed by atoms with E-state index < -0.39 is 0 Å². The average Bonchev–Trinajstić information content (AvgIpc) is 2.43. The van der Waals surface area contributed by atoms with E-state index in [4.69, 9.17) is 4.74 Å². The van der Waals surface area contributed by atoms with Crippen LogP contribution in [0.5, 0.6) is 5.75 Å². The first kappa shape index (κ1) is 13.9. The maximum atomic E-state index is 11.9. The zero-order chi connectivity index (χ0) is 14.5. The van der Waals surface area contributed by atoms with Gasteiger partial charge in [-0.05, 0) is 55.3 Å². The second-order valence-corrected chi connectivity index (χ2v) is 4.63. The number of anilines is 2. The number of carbonyl (C=O) groups is 1. The highest BCUT2D eigenvalue weighted by Crippen LogP contribution is 2.18. The van der Waals surface area contributed by atoms with Gasteiger partial charge in [-0.25, -0.2) is 4.79 Å². The van der Waals surface area contributed by atoms with Crippen molar-refractivity contribution >= 4 is 17.4 Å². The lowest BCUT2D eigenvalue weighted by Crippen LogP contribution is -2.19. The normalized spacial score (nSPS) is 9.95. The third-order valence-electron chi connectivity index (χ3n) is 2.99. The van der Waals surface area contributed by atoms with Crippen molar-refractivity contribution in [3.05, 3.63) is 53.6 Å². The minimum Gasteiger partial charge on any atom is -0.497 e. The van der Waals surface area contributed by atoms with Gasteiger partial charge >= 0.3 is 6.03 Å². The number of amides is 2. The van der Waals surface area contributed by atoms with Crippen molar-refractivity contribution in [3.8, 4) is 5.75 Å². The van der Waals surface area contributed by atoms with Crippen LogP contribution in [0.4, 0.5) is 16.2 Å². The minimum absolute atomic E-state index is 0.260. The number of carbonyl (C=O) groups excluding carboxylic acids is 1. The molecule has 20 heavy (non-hydrogen) atoms. The Bertz CT molecular complexity index is 606. The fourth-order valence-electron chi connectivity index (χ4n) is 1.83. The van der Waals surface area contributed by atoms with Gasteiger partial charge in [0.15, 0.2) is 0 Å². The van der Waals surface area contributed by atoms with Crippen molar-refractivity contribution < 1.29 is 9.53 Å². The lowest BCUT2D eigenvalue weighted by molar-refractivity contribution is 0.262. The van der Waals surface area contributed by atoms with Crippen molar-refractivity contribution in [1.29, 1.82) is 0 Å². The third kappa shape index (κ3) is 3.51. The minimum atomic E-state index is -0.260. The summed E-state index contributed by atoms with van der Waals surface area (Å²) < 4.78 is 5.07. The molecule has 0 aromatic heterocycles. The van der Waals surface area contributed by atoms with Gasteiger partial charge in [-0.2, -0.15) is 0 Å². The van der Waals surface area contributed by atoms with Crippen LogP contribution in [-0.4, -0.2) is 13.1 Å². The van der Waals surface area contributed by atoms with Gasteiger partial charge in [0.2, 0.25) is 0 Å². The Labute approximate surface area is 118 Å². The van der Waals surface area contributed by atoms with E-state index in [-0.39, 0.29) is 6.03 Å². The monoisotopic (exact) mass is 270 g/mol. The molecule has 0 saturated heterocycles. The predicted molar refractivity (Wildman–Crippen MR) is 81.6 cm³/mol. The van der Waals surface area contributed by atoms with Gasteiger partial charge in [0.25, 0.3) is 0 Å². The fraction of sp³-hybridized carbons (Fsp3) is 0.188. The van der Waals surface area contributed by atoms with Gasteiger partial charge in [0, 0.05) is 11.4 Å². The molecule has 2 rings (SSSR count). The second-order valence-electron chi connectivity index (χ2n) is 4.63. The molecular weight excluding hydrogens is 252 g/mol. The molecule has 0 bridgehead atoms. The number of nitrogens with one attached hydrogen (secondary N) is 2. The summed E-state index contributed by atoms with van der Waals surface area (Å²) in [4.78, 5) is 11.9. The van der Waals surface area contributed by atoms with Crippen LogP contribution in [0, 0.1) is 13.8 Å². The van der Waals surface area contributed by atoms with Gasteiger partial charge in [-0.15, -0.1) is 0 Å². The zero-order valence-electron chi connectivity index (χ0n) is 11.9. The molecule has 2 aromatic rings. The van der Waals surface area contributed by atoms with E-state index in [1.807, 2.05) is 32.0 Å². The van der Waals surface area contributed by atoms with Crippen molar-refractivity contribution in [3.63, 3.8) is 0 Å². The van der Waals surface area contributed by atoms with Crippen LogP contribution >= 0.6 is 0 Å². The van der Waals surface area contributed by atoms with Crippen LogP contribution in [0.15, 0.2) is 42.5 Å². The summed E-state index contributed by atoms with van der Waals surface area (Å²) in [6.07, 6.45) is 0. The van der Waals surface area contributed by atoms with Crippen LogP contribution in [0.2, 0.25) is 0 Å². The van der Waals surface area contributed by atoms with Gasteiger partial charge in [-0.3, -0.25) is 0 Å². The summed E-state index contributed by atoms with van der Waals surface area (Å²) >= 11 is 0. The first-order chi connectivity index (χ1) is 9.58. The molecule has 0 spiro atoms. The smallest absolute Gasteiger partial charge is 0.323 e. The molecule has 2 amide bonds. The molecule has 0 radical (unpaired) electrons. The van der Waals surface area contributed by atoms with E-state index in [9.17, 15) is 4.79 Å². The summed E-state index contributed by atoms with van der Waals surface area (Å²) in [5.74, 6) is 0.755. The number of benzene rings is 2. The van der Waals surface area contributed by atoms with Crippen molar-refractivity contribution in [2.24, 2.45) is 0 Å². The number of rotatable bonds is 3. The molecular formula is C16H18N2O2. The molecule has 4 nitrogen and oxygen atoms in total. The van der Waals surface area contributed by atoms with Crippen molar-refractivity contribution in [2.45, 2.75) is 13.8 Å². The van der Waals surface area contributed by atoms with Gasteiger partial charge in [0.05, 0.1) is 7.11 Å². The van der Waals surface area contributed by atoms with E-state index in [2.05, 4.69) is 10.6 Å². The summed E-state index contributed by atoms with van der Waals surface area (Å²) in [5, 5.41) is 5.63. The quantitative estimate of drug-likeness (QED) is 0.887. The number of methoxy groups -OCH3 is 1. The first-order valence-corrected chi connectivity index (χ1v) is 6.38. The largest absolute Gasteiger partial charge is 0.497 e. The van der Waals surface area contributed by atoms with E-state index in [0.29, 0.717) is 5.69 Å². The second kappa shape index (κ2) is 6.10. The standard InChI is InChI=1S/C16H18N2O2/c1-11-4-5-12(2)15(10-11)18-16(19)17-13-6-8-14(20-3)9-7-13/h4-10H,1-3H3,(H2,17,18,19). The number of ether oxygens (including phenoxy) is 1. The predicted octanol–water partition coefficient (Wildman–Crippen LogP) is 3.96. The Morgan fingerprint density at radius 3 is 2.35 bits per heavy atom. The van der Waals surface area contributed by atoms with Gasteiger partial charge in [-0.1, -0.05) is 12.1 Å². The first-order valence-electron chi connectivity index (χ1n) is 6.38. The lowest BCUT2D eigenvalue weighted by Gasteiger charge is -2.11. The summed E-state index contributed by atoms with van der Waals surface area (Å²) in [6, 6.07) is 12.9. The van der Waals surface area contributed by atoms with Crippen LogP contribution in [0.3, 0.4) is 0 Å². The van der Waals surface area contributed by atoms with Crippen LogP contribution in [0.1, 0.15) is 11.1 Å². The van der Waals surface area contributed by atoms with Gasteiger partial charge < -0.3 is 15.4 Å². The Kier molecular flexibility index (Phi) is 4.25. The van der Waals surface area contributed by atoms with E-state index >= 15 is 0 Å². The topological polar surface area (TPSA) is 50.4 Å². The number of hydrogen-bond donors (Lipinski definition) is 2. The van der Waals surface area contributed by atoms with Crippen LogP contribution < -0.4 is 15.4 Å². The van der Waals surface area contributed by atoms with Crippen LogP contribution in [0.25, 0.3) is 0 Å². The molecule has 104 valence electrons. The molecule has 0 aliphatic rings. The fourth-order valence-corrected chi connectivity index (χ4v) is 1.83. The molecule has 2 aromatic carbocycles. The maximum Gasteiger partial charge on any atom is 0.323 e. The Hall–Kier alpha value is -2.49. The van der Waals surface area contributed by atoms with Gasteiger partial charge in [0.1, 0.15) is 5.75 Å². The molecule has 0 atom stereocenters. The highest BCUT2D eigenvalue weighted by molar-refractivity contribution is 6.00. The summed E-state index contributed by atoms with van der Waals surface area (Å²) in [5.41, 5.74) is 3.67. The molecule has 2 N–H and O–H groups in total. The zero-order valence-corrected chi connectivity index (χ0v) is 11.9. The Balaban J connectivity index is 2.03. The Morgan fingerprint density at radius 2 is 1.70 bits per heavy atom. The van der Waals surface area contributed by atoms with E-state index in [1.54, 1.807) is 31.4 Å². The van der Waals surface area contributed by atoms with Crippen LogP contribution in [-0.2, 0) is 0 Å². The summed E-state index contributed by atoms with van der Waals surface area (Å²) in [7, 11) is 1.61. The molecule has 0 saturated carbocycles. The summed E-state index contributed by atoms with van der Waals surface area (Å²) in [6.45, 7) is 3.95. The number of urea groups is 1. The highest BCUT2D eigenvalue weighted by atomic mass is 16.5. The van der Waals surface area contributed by atoms with Crippen molar-refractivity contribution in [2.75, 3.05) is 17.7 Å². The molecule has 0 heterocycles. The molecule has 4 heteroatoms. The highest BCUT2D eigenvalue weighted by Gasteiger charge is 2.05. The molecule has 0 aliphatic carbocycles. The number of hydrogen-bond acceptors (Lipinski definition) is 2. The third-order valence-corrected chi connectivity index (χ3v) is 2.99. The Morgan fingerprint density at radius 1 is 1.00 bits per heavy atom. The molecule has 0 unspecified atom stereocenters. The van der Waals surface area contributed by atoms with E-state index in [0.717, 1.165) is 22.6 Å². The average molecular weight is 270 g/mol. The number of aryl methyl sites for hydroxylation is 2.